The van der Waals surface area contributed by atoms with Gasteiger partial charge in [0, 0.05) is 19.0 Å². The third-order valence-electron chi connectivity index (χ3n) is 2.98. The van der Waals surface area contributed by atoms with Crippen LogP contribution in [0.4, 0.5) is 11.4 Å². The molecule has 120 valence electrons. The van der Waals surface area contributed by atoms with Crippen LogP contribution < -0.4 is 15.4 Å². The average Bonchev–Trinajstić information content (AvgIpc) is 2.37. The van der Waals surface area contributed by atoms with Crippen LogP contribution in [-0.2, 0) is 14.4 Å². The zero-order chi connectivity index (χ0) is 16.9. The van der Waals surface area contributed by atoms with Crippen molar-refractivity contribution in [3.63, 3.8) is 0 Å². The molecule has 0 aromatic heterocycles. The normalized spacial score (nSPS) is 10.7. The highest BCUT2D eigenvalue weighted by Gasteiger charge is 2.30. The number of benzene rings is 1. The van der Waals surface area contributed by atoms with Gasteiger partial charge >= 0.3 is 5.97 Å². The molecule has 0 atom stereocenters. The Morgan fingerprint density at radius 2 is 1.86 bits per heavy atom. The van der Waals surface area contributed by atoms with E-state index in [-0.39, 0.29) is 12.3 Å². The van der Waals surface area contributed by atoms with Crippen molar-refractivity contribution in [2.24, 2.45) is 5.41 Å². The molecule has 0 unspecified atom stereocenters. The first-order valence-corrected chi connectivity index (χ1v) is 6.64. The van der Waals surface area contributed by atoms with Crippen LogP contribution in [0.1, 0.15) is 27.2 Å². The lowest BCUT2D eigenvalue weighted by Gasteiger charge is -2.18. The van der Waals surface area contributed by atoms with Crippen LogP contribution in [0, 0.1) is 5.41 Å². The van der Waals surface area contributed by atoms with Crippen molar-refractivity contribution in [3.8, 4) is 5.75 Å². The van der Waals surface area contributed by atoms with Crippen molar-refractivity contribution in [2.75, 3.05) is 17.7 Å². The molecule has 0 aliphatic rings. The zero-order valence-electron chi connectivity index (χ0n) is 13.0. The molecule has 0 saturated carbocycles. The topological polar surface area (TPSA) is 105 Å². The summed E-state index contributed by atoms with van der Waals surface area (Å²) >= 11 is 0. The van der Waals surface area contributed by atoms with E-state index in [2.05, 4.69) is 10.6 Å². The first-order valence-electron chi connectivity index (χ1n) is 6.64. The van der Waals surface area contributed by atoms with Crippen LogP contribution in [0.5, 0.6) is 5.75 Å². The monoisotopic (exact) mass is 308 g/mol. The van der Waals surface area contributed by atoms with Gasteiger partial charge in [0.05, 0.1) is 18.2 Å². The van der Waals surface area contributed by atoms with Gasteiger partial charge in [-0.25, -0.2) is 0 Å². The van der Waals surface area contributed by atoms with E-state index in [4.69, 9.17) is 9.84 Å². The van der Waals surface area contributed by atoms with Gasteiger partial charge in [0.1, 0.15) is 5.75 Å². The Morgan fingerprint density at radius 3 is 2.36 bits per heavy atom. The maximum atomic E-state index is 11.9. The molecule has 3 N–H and O–H groups in total. The molecule has 7 nitrogen and oxygen atoms in total. The van der Waals surface area contributed by atoms with E-state index in [0.717, 1.165) is 0 Å². The van der Waals surface area contributed by atoms with Gasteiger partial charge in [-0.3, -0.25) is 14.4 Å². The largest absolute Gasteiger partial charge is 0.495 e. The number of hydrogen-bond acceptors (Lipinski definition) is 4. The smallest absolute Gasteiger partial charge is 0.309 e. The molecule has 0 spiro atoms. The molecule has 0 heterocycles. The van der Waals surface area contributed by atoms with Crippen molar-refractivity contribution in [1.82, 2.24) is 0 Å². The molecule has 0 radical (unpaired) electrons. The summed E-state index contributed by atoms with van der Waals surface area (Å²) in [5.74, 6) is -1.28. The Kier molecular flexibility index (Phi) is 5.50. The number of anilines is 2. The van der Waals surface area contributed by atoms with E-state index in [9.17, 15) is 14.4 Å². The van der Waals surface area contributed by atoms with Gasteiger partial charge in [-0.2, -0.15) is 0 Å². The van der Waals surface area contributed by atoms with Crippen LogP contribution in [0.2, 0.25) is 0 Å². The maximum absolute atomic E-state index is 11.9. The number of hydrogen-bond donors (Lipinski definition) is 3. The van der Waals surface area contributed by atoms with Gasteiger partial charge < -0.3 is 20.5 Å². The number of carbonyl (C=O) groups excluding carboxylic acids is 2. The van der Waals surface area contributed by atoms with E-state index >= 15 is 0 Å². The van der Waals surface area contributed by atoms with Crippen LogP contribution in [0.25, 0.3) is 0 Å². The van der Waals surface area contributed by atoms with Gasteiger partial charge in [-0.15, -0.1) is 0 Å². The van der Waals surface area contributed by atoms with Gasteiger partial charge in [0.15, 0.2) is 0 Å². The molecule has 0 fully saturated rings. The highest BCUT2D eigenvalue weighted by molar-refractivity contribution is 5.96. The van der Waals surface area contributed by atoms with E-state index in [1.807, 2.05) is 0 Å². The second-order valence-corrected chi connectivity index (χ2v) is 5.51. The Hall–Kier alpha value is -2.57. The van der Waals surface area contributed by atoms with Crippen molar-refractivity contribution in [2.45, 2.75) is 27.2 Å². The Morgan fingerprint density at radius 1 is 1.23 bits per heavy atom. The summed E-state index contributed by atoms with van der Waals surface area (Å²) in [6.45, 7) is 4.32. The Balaban J connectivity index is 2.87. The van der Waals surface area contributed by atoms with Crippen molar-refractivity contribution in [1.29, 1.82) is 0 Å². The quantitative estimate of drug-likeness (QED) is 0.746. The van der Waals surface area contributed by atoms with Crippen LogP contribution in [-0.4, -0.2) is 30.0 Å². The maximum Gasteiger partial charge on any atom is 0.309 e. The van der Waals surface area contributed by atoms with Crippen molar-refractivity contribution in [3.05, 3.63) is 18.2 Å². The molecular formula is C15H20N2O5. The summed E-state index contributed by atoms with van der Waals surface area (Å²) in [4.78, 5) is 34.1. The second kappa shape index (κ2) is 6.93. The minimum atomic E-state index is -1.16. The molecule has 0 aliphatic heterocycles. The fourth-order valence-corrected chi connectivity index (χ4v) is 1.76. The predicted octanol–water partition coefficient (Wildman–Crippen LogP) is 2.09. The summed E-state index contributed by atoms with van der Waals surface area (Å²) < 4.78 is 5.11. The first kappa shape index (κ1) is 17.5. The van der Waals surface area contributed by atoms with E-state index in [1.165, 1.54) is 27.9 Å². The van der Waals surface area contributed by atoms with Crippen LogP contribution in [0.3, 0.4) is 0 Å². The molecule has 1 aromatic carbocycles. The summed E-state index contributed by atoms with van der Waals surface area (Å²) in [6, 6.07) is 4.75. The summed E-state index contributed by atoms with van der Waals surface area (Å²) in [6.07, 6.45) is -0.163. The average molecular weight is 308 g/mol. The number of carboxylic acid groups (broad SMARTS) is 1. The number of nitrogens with one attached hydrogen (secondary N) is 2. The lowest BCUT2D eigenvalue weighted by atomic mass is 9.89. The van der Waals surface area contributed by atoms with Gasteiger partial charge in [-0.05, 0) is 32.0 Å². The van der Waals surface area contributed by atoms with Gasteiger partial charge in [-0.1, -0.05) is 0 Å². The van der Waals surface area contributed by atoms with E-state index < -0.39 is 17.3 Å². The van der Waals surface area contributed by atoms with Gasteiger partial charge in [0.25, 0.3) is 0 Å². The van der Waals surface area contributed by atoms with Crippen molar-refractivity contribution >= 4 is 29.2 Å². The molecule has 0 saturated heterocycles. The second-order valence-electron chi connectivity index (χ2n) is 5.51. The van der Waals surface area contributed by atoms with Crippen LogP contribution >= 0.6 is 0 Å². The van der Waals surface area contributed by atoms with Crippen molar-refractivity contribution < 1.29 is 24.2 Å². The highest BCUT2D eigenvalue weighted by Crippen LogP contribution is 2.28. The number of carboxylic acids is 1. The lowest BCUT2D eigenvalue weighted by molar-refractivity contribution is -0.149. The fraction of sp³-hybridized carbons (Fsp3) is 0.400. The molecule has 0 aliphatic carbocycles. The summed E-state index contributed by atoms with van der Waals surface area (Å²) in [5, 5.41) is 14.2. The highest BCUT2D eigenvalue weighted by atomic mass is 16.5. The standard InChI is InChI=1S/C15H20N2O5/c1-9(18)16-11-7-10(5-6-12(11)22-4)17-13(19)8-15(2,3)14(20)21/h5-7H,8H2,1-4H3,(H,16,18)(H,17,19)(H,20,21). The molecule has 0 bridgehead atoms. The van der Waals surface area contributed by atoms with Crippen LogP contribution in [0.15, 0.2) is 18.2 Å². The number of amides is 2. The van der Waals surface area contributed by atoms with Gasteiger partial charge in [0.2, 0.25) is 11.8 Å². The molecule has 22 heavy (non-hydrogen) atoms. The zero-order valence-corrected chi connectivity index (χ0v) is 13.0. The van der Waals surface area contributed by atoms with E-state index in [1.54, 1.807) is 18.2 Å². The first-order chi connectivity index (χ1) is 10.2. The Labute approximate surface area is 128 Å². The number of aliphatic carboxylic acids is 1. The number of ether oxygens (including phenoxy) is 1. The SMILES string of the molecule is COc1ccc(NC(=O)CC(C)(C)C(=O)O)cc1NC(C)=O. The molecule has 2 amide bonds. The number of methoxy groups -OCH3 is 1. The minimum absolute atomic E-state index is 0.163. The molecule has 1 rings (SSSR count). The molecule has 1 aromatic rings. The van der Waals surface area contributed by atoms with E-state index in [0.29, 0.717) is 17.1 Å². The predicted molar refractivity (Wildman–Crippen MR) is 82.0 cm³/mol. The summed E-state index contributed by atoms with van der Waals surface area (Å²) in [5.41, 5.74) is -0.294. The third-order valence-corrected chi connectivity index (χ3v) is 2.98. The minimum Gasteiger partial charge on any atom is -0.495 e. The third kappa shape index (κ3) is 4.76. The molecule has 7 heteroatoms. The fourth-order valence-electron chi connectivity index (χ4n) is 1.76. The lowest BCUT2D eigenvalue weighted by Crippen LogP contribution is -2.29. The molecular weight excluding hydrogens is 288 g/mol. The Bertz CT molecular complexity index is 596. The summed E-state index contributed by atoms with van der Waals surface area (Å²) in [7, 11) is 1.47. The number of rotatable bonds is 6. The number of carbonyl (C=O) groups is 3.